The van der Waals surface area contributed by atoms with Gasteiger partial charge in [-0.25, -0.2) is 0 Å². The second kappa shape index (κ2) is 8.22. The van der Waals surface area contributed by atoms with E-state index in [1.807, 2.05) is 24.3 Å². The number of hydrogen-bond donors (Lipinski definition) is 1. The van der Waals surface area contributed by atoms with Gasteiger partial charge in [0.25, 0.3) is 0 Å². The van der Waals surface area contributed by atoms with E-state index in [1.54, 1.807) is 12.3 Å². The first-order valence-electron chi connectivity index (χ1n) is 8.20. The quantitative estimate of drug-likeness (QED) is 0.901. The monoisotopic (exact) mass is 347 g/mol. The molecule has 0 spiro atoms. The summed E-state index contributed by atoms with van der Waals surface area (Å²) in [7, 11) is 0. The summed E-state index contributed by atoms with van der Waals surface area (Å²) in [6.45, 7) is 5.47. The lowest BCUT2D eigenvalue weighted by molar-refractivity contribution is 0.218. The van der Waals surface area contributed by atoms with Crippen LogP contribution < -0.4 is 9.64 Å². The smallest absolute Gasteiger partial charge is 0.135 e. The van der Waals surface area contributed by atoms with Gasteiger partial charge < -0.3 is 14.7 Å². The van der Waals surface area contributed by atoms with Gasteiger partial charge in [0.05, 0.1) is 18.1 Å². The molecule has 1 saturated heterocycles. The van der Waals surface area contributed by atoms with Crippen molar-refractivity contribution in [2.24, 2.45) is 0 Å². The largest absolute Gasteiger partial charge is 0.506 e. The Morgan fingerprint density at radius 3 is 2.71 bits per heavy atom. The maximum absolute atomic E-state index is 9.58. The molecule has 0 bridgehead atoms. The van der Waals surface area contributed by atoms with E-state index in [2.05, 4.69) is 14.8 Å². The molecule has 1 aromatic heterocycles. The second-order valence-corrected chi connectivity index (χ2v) is 6.32. The minimum atomic E-state index is 0.213. The molecule has 0 amide bonds. The van der Waals surface area contributed by atoms with Gasteiger partial charge in [-0.2, -0.15) is 0 Å². The molecule has 2 heterocycles. The minimum Gasteiger partial charge on any atom is -0.506 e. The average Bonchev–Trinajstić information content (AvgIpc) is 2.82. The summed E-state index contributed by atoms with van der Waals surface area (Å²) < 4.78 is 5.77. The van der Waals surface area contributed by atoms with Gasteiger partial charge in [-0.3, -0.25) is 9.88 Å². The normalized spacial score (nSPS) is 16.0. The van der Waals surface area contributed by atoms with E-state index in [0.717, 1.165) is 55.6 Å². The molecule has 3 rings (SSSR count). The Kier molecular flexibility index (Phi) is 5.77. The molecule has 24 heavy (non-hydrogen) atoms. The molecule has 0 atom stereocenters. The summed E-state index contributed by atoms with van der Waals surface area (Å²) in [5.41, 5.74) is 0.981. The number of aromatic hydroxyl groups is 1. The number of hydrogen-bond acceptors (Lipinski definition) is 5. The summed E-state index contributed by atoms with van der Waals surface area (Å²) in [6.07, 6.45) is 4.34. The molecule has 0 unspecified atom stereocenters. The lowest BCUT2D eigenvalue weighted by Crippen LogP contribution is -2.33. The van der Waals surface area contributed by atoms with E-state index >= 15 is 0 Å². The Hall–Kier alpha value is -1.98. The average molecular weight is 348 g/mol. The molecule has 0 radical (unpaired) electrons. The third-order valence-electron chi connectivity index (χ3n) is 4.15. The molecule has 0 saturated carbocycles. The standard InChI is InChI=1S/C18H22ClN3O2/c19-15-2-4-18(5-3-15)24-11-10-21-6-1-7-22(9-8-21)16-12-17(23)14-20-13-16/h2-5,12-14,23H,1,6-11H2. The zero-order valence-corrected chi connectivity index (χ0v) is 14.3. The third-order valence-corrected chi connectivity index (χ3v) is 4.40. The summed E-state index contributed by atoms with van der Waals surface area (Å²) in [5, 5.41) is 10.3. The lowest BCUT2D eigenvalue weighted by Gasteiger charge is -2.23. The fraction of sp³-hybridized carbons (Fsp3) is 0.389. The molecule has 1 aliphatic heterocycles. The number of pyridine rings is 1. The van der Waals surface area contributed by atoms with E-state index in [9.17, 15) is 5.11 Å². The fourth-order valence-electron chi connectivity index (χ4n) is 2.87. The number of halogens is 1. The first kappa shape index (κ1) is 16.9. The Labute approximate surface area is 147 Å². The van der Waals surface area contributed by atoms with Crippen molar-refractivity contribution in [2.75, 3.05) is 44.2 Å². The number of anilines is 1. The van der Waals surface area contributed by atoms with Crippen LogP contribution in [-0.4, -0.2) is 54.3 Å². The van der Waals surface area contributed by atoms with Crippen LogP contribution in [-0.2, 0) is 0 Å². The van der Waals surface area contributed by atoms with Gasteiger partial charge in [0.1, 0.15) is 18.1 Å². The second-order valence-electron chi connectivity index (χ2n) is 5.89. The molecule has 1 N–H and O–H groups in total. The molecule has 1 aromatic carbocycles. The molecular weight excluding hydrogens is 326 g/mol. The van der Waals surface area contributed by atoms with Crippen LogP contribution in [0.1, 0.15) is 6.42 Å². The van der Waals surface area contributed by atoms with Gasteiger partial charge in [0.2, 0.25) is 0 Å². The highest BCUT2D eigenvalue weighted by atomic mass is 35.5. The van der Waals surface area contributed by atoms with Crippen molar-refractivity contribution >= 4 is 17.3 Å². The van der Waals surface area contributed by atoms with Gasteiger partial charge in [0.15, 0.2) is 0 Å². The number of aromatic nitrogens is 1. The van der Waals surface area contributed by atoms with E-state index in [-0.39, 0.29) is 5.75 Å². The van der Waals surface area contributed by atoms with E-state index < -0.39 is 0 Å². The molecule has 128 valence electrons. The highest BCUT2D eigenvalue weighted by Gasteiger charge is 2.15. The number of ether oxygens (including phenoxy) is 1. The van der Waals surface area contributed by atoms with Crippen LogP contribution in [0.25, 0.3) is 0 Å². The predicted molar refractivity (Wildman–Crippen MR) is 96.1 cm³/mol. The minimum absolute atomic E-state index is 0.213. The molecule has 2 aromatic rings. The lowest BCUT2D eigenvalue weighted by atomic mass is 10.3. The van der Waals surface area contributed by atoms with Gasteiger partial charge in [0, 0.05) is 43.8 Å². The molecule has 1 fully saturated rings. The van der Waals surface area contributed by atoms with Crippen molar-refractivity contribution < 1.29 is 9.84 Å². The zero-order chi connectivity index (χ0) is 16.8. The van der Waals surface area contributed by atoms with Crippen molar-refractivity contribution in [3.8, 4) is 11.5 Å². The summed E-state index contributed by atoms with van der Waals surface area (Å²) >= 11 is 5.87. The predicted octanol–water partition coefficient (Wildman–Crippen LogP) is 3.03. The van der Waals surface area contributed by atoms with Crippen LogP contribution in [0.5, 0.6) is 11.5 Å². The molecule has 6 heteroatoms. The Bertz CT molecular complexity index is 651. The van der Waals surface area contributed by atoms with Crippen LogP contribution in [0.15, 0.2) is 42.7 Å². The van der Waals surface area contributed by atoms with Crippen molar-refractivity contribution in [1.29, 1.82) is 0 Å². The van der Waals surface area contributed by atoms with Crippen molar-refractivity contribution in [3.05, 3.63) is 47.7 Å². The molecule has 1 aliphatic rings. The summed E-state index contributed by atoms with van der Waals surface area (Å²) in [4.78, 5) is 8.74. The number of benzene rings is 1. The van der Waals surface area contributed by atoms with Gasteiger partial charge in [-0.05, 0) is 30.7 Å². The van der Waals surface area contributed by atoms with Crippen LogP contribution in [0.4, 0.5) is 5.69 Å². The summed E-state index contributed by atoms with van der Waals surface area (Å²) in [5.74, 6) is 1.06. The van der Waals surface area contributed by atoms with Gasteiger partial charge in [-0.1, -0.05) is 11.6 Å². The van der Waals surface area contributed by atoms with E-state index in [1.165, 1.54) is 6.20 Å². The molecule has 0 aliphatic carbocycles. The van der Waals surface area contributed by atoms with Gasteiger partial charge in [-0.15, -0.1) is 0 Å². The van der Waals surface area contributed by atoms with Crippen LogP contribution in [0.3, 0.4) is 0 Å². The van der Waals surface area contributed by atoms with E-state index in [0.29, 0.717) is 6.61 Å². The van der Waals surface area contributed by atoms with Crippen LogP contribution in [0.2, 0.25) is 5.02 Å². The Balaban J connectivity index is 1.46. The molecule has 5 nitrogen and oxygen atoms in total. The Morgan fingerprint density at radius 1 is 1.08 bits per heavy atom. The maximum atomic E-state index is 9.58. The van der Waals surface area contributed by atoms with Crippen molar-refractivity contribution in [2.45, 2.75) is 6.42 Å². The van der Waals surface area contributed by atoms with Crippen molar-refractivity contribution in [1.82, 2.24) is 9.88 Å². The SMILES string of the molecule is Oc1cncc(N2CCCN(CCOc3ccc(Cl)cc3)CC2)c1. The Morgan fingerprint density at radius 2 is 1.92 bits per heavy atom. The van der Waals surface area contributed by atoms with Crippen LogP contribution in [0, 0.1) is 0 Å². The van der Waals surface area contributed by atoms with Gasteiger partial charge >= 0.3 is 0 Å². The number of nitrogens with zero attached hydrogens (tertiary/aromatic N) is 3. The first-order valence-corrected chi connectivity index (χ1v) is 8.58. The maximum Gasteiger partial charge on any atom is 0.135 e. The third kappa shape index (κ3) is 4.76. The summed E-state index contributed by atoms with van der Waals surface area (Å²) in [6, 6.07) is 9.23. The fourth-order valence-corrected chi connectivity index (χ4v) is 2.99. The number of rotatable bonds is 5. The zero-order valence-electron chi connectivity index (χ0n) is 13.6. The topological polar surface area (TPSA) is 48.8 Å². The highest BCUT2D eigenvalue weighted by Crippen LogP contribution is 2.20. The molecular formula is C18H22ClN3O2. The first-order chi connectivity index (χ1) is 11.7. The van der Waals surface area contributed by atoms with E-state index in [4.69, 9.17) is 16.3 Å². The highest BCUT2D eigenvalue weighted by molar-refractivity contribution is 6.30. The van der Waals surface area contributed by atoms with Crippen molar-refractivity contribution in [3.63, 3.8) is 0 Å². The van der Waals surface area contributed by atoms with Crippen LogP contribution >= 0.6 is 11.6 Å².